The number of nitro benzene ring substituents is 1. The zero-order valence-corrected chi connectivity index (χ0v) is 17.1. The van der Waals surface area contributed by atoms with Gasteiger partial charge < -0.3 is 5.32 Å². The minimum Gasteiger partial charge on any atom is -0.344 e. The van der Waals surface area contributed by atoms with Crippen LogP contribution in [0.3, 0.4) is 0 Å². The van der Waals surface area contributed by atoms with Crippen molar-refractivity contribution in [2.24, 2.45) is 0 Å². The summed E-state index contributed by atoms with van der Waals surface area (Å²) in [6.07, 6.45) is 0.581. The molecule has 0 saturated carbocycles. The second kappa shape index (κ2) is 8.87. The summed E-state index contributed by atoms with van der Waals surface area (Å²) >= 11 is 5.92. The SMILES string of the molecule is CCC(NC(=O)c1nn(-c2ccccc2[N+](=O)[O-])c(C)cc1=O)c1ccc(Cl)cc1. The van der Waals surface area contributed by atoms with Crippen LogP contribution in [0.5, 0.6) is 0 Å². The Hall–Kier alpha value is -3.52. The number of nitro groups is 1. The lowest BCUT2D eigenvalue weighted by Crippen LogP contribution is -2.34. The second-order valence-corrected chi connectivity index (χ2v) is 7.08. The molecule has 0 fully saturated rings. The van der Waals surface area contributed by atoms with Crippen LogP contribution in [0.2, 0.25) is 5.02 Å². The second-order valence-electron chi connectivity index (χ2n) is 6.64. The molecule has 0 aliphatic heterocycles. The molecule has 0 saturated heterocycles. The number of nitrogens with zero attached hydrogens (tertiary/aromatic N) is 3. The number of aromatic nitrogens is 2. The summed E-state index contributed by atoms with van der Waals surface area (Å²) in [5.74, 6) is -0.658. The number of hydrogen-bond donors (Lipinski definition) is 1. The molecule has 3 aromatic rings. The molecule has 0 aliphatic carbocycles. The molecule has 1 unspecified atom stereocenters. The molecule has 9 heteroatoms. The molecule has 1 atom stereocenters. The van der Waals surface area contributed by atoms with E-state index >= 15 is 0 Å². The van der Waals surface area contributed by atoms with Crippen LogP contribution in [-0.4, -0.2) is 20.6 Å². The summed E-state index contributed by atoms with van der Waals surface area (Å²) in [4.78, 5) is 36.1. The van der Waals surface area contributed by atoms with Gasteiger partial charge in [-0.3, -0.25) is 19.7 Å². The predicted molar refractivity (Wildman–Crippen MR) is 113 cm³/mol. The minimum atomic E-state index is -0.658. The lowest BCUT2D eigenvalue weighted by molar-refractivity contribution is -0.384. The van der Waals surface area contributed by atoms with Crippen LogP contribution in [0.4, 0.5) is 5.69 Å². The Labute approximate surface area is 177 Å². The van der Waals surface area contributed by atoms with Gasteiger partial charge in [0.2, 0.25) is 5.43 Å². The largest absolute Gasteiger partial charge is 0.344 e. The molecule has 0 aliphatic rings. The highest BCUT2D eigenvalue weighted by molar-refractivity contribution is 6.30. The molecule has 1 heterocycles. The van der Waals surface area contributed by atoms with Gasteiger partial charge in [-0.1, -0.05) is 42.8 Å². The fraction of sp³-hybridized carbons (Fsp3) is 0.190. The van der Waals surface area contributed by atoms with Crippen molar-refractivity contribution < 1.29 is 9.72 Å². The molecule has 2 aromatic carbocycles. The Morgan fingerprint density at radius 3 is 2.53 bits per heavy atom. The summed E-state index contributed by atoms with van der Waals surface area (Å²) < 4.78 is 1.23. The Kier molecular flexibility index (Phi) is 6.27. The fourth-order valence-corrected chi connectivity index (χ4v) is 3.21. The third-order valence-corrected chi connectivity index (χ3v) is 4.87. The number of aryl methyl sites for hydroxylation is 1. The maximum atomic E-state index is 12.8. The first-order chi connectivity index (χ1) is 14.3. The number of nitrogens with one attached hydrogen (secondary N) is 1. The molecule has 1 aromatic heterocycles. The normalized spacial score (nSPS) is 11.7. The molecule has 0 radical (unpaired) electrons. The van der Waals surface area contributed by atoms with E-state index in [-0.39, 0.29) is 23.1 Å². The standard InChI is InChI=1S/C21H19ClN4O4/c1-3-16(14-8-10-15(22)11-9-14)23-21(28)20-19(27)12-13(2)25(24-20)17-6-4-5-7-18(17)26(29)30/h4-12,16H,3H2,1-2H3,(H,23,28). The van der Waals surface area contributed by atoms with Crippen LogP contribution < -0.4 is 10.7 Å². The highest BCUT2D eigenvalue weighted by Gasteiger charge is 2.22. The number of carbonyl (C=O) groups is 1. The molecule has 1 amide bonds. The van der Waals surface area contributed by atoms with E-state index in [9.17, 15) is 19.7 Å². The quantitative estimate of drug-likeness (QED) is 0.473. The van der Waals surface area contributed by atoms with Crippen molar-refractivity contribution >= 4 is 23.2 Å². The van der Waals surface area contributed by atoms with Crippen molar-refractivity contribution in [3.05, 3.63) is 96.9 Å². The topological polar surface area (TPSA) is 107 Å². The zero-order chi connectivity index (χ0) is 21.8. The van der Waals surface area contributed by atoms with Crippen LogP contribution in [0.15, 0.2) is 59.4 Å². The molecule has 1 N–H and O–H groups in total. The van der Waals surface area contributed by atoms with Crippen LogP contribution in [0, 0.1) is 17.0 Å². The molecule has 30 heavy (non-hydrogen) atoms. The van der Waals surface area contributed by atoms with E-state index in [2.05, 4.69) is 10.4 Å². The number of hydrogen-bond acceptors (Lipinski definition) is 5. The van der Waals surface area contributed by atoms with Crippen molar-refractivity contribution in [3.63, 3.8) is 0 Å². The van der Waals surface area contributed by atoms with Crippen LogP contribution in [-0.2, 0) is 0 Å². The van der Waals surface area contributed by atoms with E-state index in [1.165, 1.54) is 28.9 Å². The Morgan fingerprint density at radius 1 is 1.23 bits per heavy atom. The van der Waals surface area contributed by atoms with E-state index in [0.29, 0.717) is 17.1 Å². The van der Waals surface area contributed by atoms with Crippen molar-refractivity contribution in [2.45, 2.75) is 26.3 Å². The number of amides is 1. The van der Waals surface area contributed by atoms with Gasteiger partial charge in [0.1, 0.15) is 5.69 Å². The number of para-hydroxylation sites is 2. The molecular weight excluding hydrogens is 408 g/mol. The van der Waals surface area contributed by atoms with Crippen molar-refractivity contribution in [3.8, 4) is 5.69 Å². The monoisotopic (exact) mass is 426 g/mol. The van der Waals surface area contributed by atoms with Crippen molar-refractivity contribution in [1.29, 1.82) is 0 Å². The van der Waals surface area contributed by atoms with Gasteiger partial charge in [-0.15, -0.1) is 0 Å². The average molecular weight is 427 g/mol. The smallest absolute Gasteiger partial charge is 0.294 e. The highest BCUT2D eigenvalue weighted by atomic mass is 35.5. The third-order valence-electron chi connectivity index (χ3n) is 4.62. The van der Waals surface area contributed by atoms with Crippen molar-refractivity contribution in [1.82, 2.24) is 15.1 Å². The van der Waals surface area contributed by atoms with Gasteiger partial charge in [0.05, 0.1) is 11.0 Å². The number of halogens is 1. The first-order valence-electron chi connectivity index (χ1n) is 9.23. The van der Waals surface area contributed by atoms with E-state index < -0.39 is 16.3 Å². The lowest BCUT2D eigenvalue weighted by atomic mass is 10.0. The Morgan fingerprint density at radius 2 is 1.90 bits per heavy atom. The van der Waals surface area contributed by atoms with Gasteiger partial charge in [-0.2, -0.15) is 5.10 Å². The first kappa shape index (κ1) is 21.2. The highest BCUT2D eigenvalue weighted by Crippen LogP contribution is 2.23. The van der Waals surface area contributed by atoms with Gasteiger partial charge in [0, 0.05) is 22.8 Å². The maximum absolute atomic E-state index is 12.8. The van der Waals surface area contributed by atoms with Crippen LogP contribution >= 0.6 is 11.6 Å². The van der Waals surface area contributed by atoms with Crippen molar-refractivity contribution in [2.75, 3.05) is 0 Å². The summed E-state index contributed by atoms with van der Waals surface area (Å²) in [6, 6.07) is 13.9. The maximum Gasteiger partial charge on any atom is 0.294 e. The molecule has 3 rings (SSSR count). The number of benzene rings is 2. The molecule has 8 nitrogen and oxygen atoms in total. The van der Waals surface area contributed by atoms with E-state index in [0.717, 1.165) is 5.56 Å². The summed E-state index contributed by atoms with van der Waals surface area (Å²) in [7, 11) is 0. The predicted octanol–water partition coefficient (Wildman–Crippen LogP) is 3.98. The van der Waals surface area contributed by atoms with Gasteiger partial charge in [-0.05, 0) is 37.1 Å². The molecule has 0 spiro atoms. The number of carbonyl (C=O) groups excluding carboxylic acids is 1. The number of rotatable bonds is 6. The fourth-order valence-electron chi connectivity index (χ4n) is 3.09. The summed E-state index contributed by atoms with van der Waals surface area (Å²) in [5.41, 5.74) is 0.281. The van der Waals surface area contributed by atoms with Crippen LogP contribution in [0.25, 0.3) is 5.69 Å². The van der Waals surface area contributed by atoms with Gasteiger partial charge in [-0.25, -0.2) is 4.68 Å². The average Bonchev–Trinajstić information content (AvgIpc) is 2.72. The van der Waals surface area contributed by atoms with E-state index in [4.69, 9.17) is 11.6 Å². The Bertz CT molecular complexity index is 1160. The van der Waals surface area contributed by atoms with Gasteiger partial charge in [0.15, 0.2) is 5.69 Å². The first-order valence-corrected chi connectivity index (χ1v) is 9.60. The molecule has 0 bridgehead atoms. The van der Waals surface area contributed by atoms with Crippen LogP contribution in [0.1, 0.15) is 41.1 Å². The summed E-state index contributed by atoms with van der Waals surface area (Å²) in [5, 5.41) is 18.9. The third kappa shape index (κ3) is 4.38. The van der Waals surface area contributed by atoms with Gasteiger partial charge in [0.25, 0.3) is 11.6 Å². The Balaban J connectivity index is 1.99. The molecule has 154 valence electrons. The summed E-state index contributed by atoms with van der Waals surface area (Å²) in [6.45, 7) is 3.49. The van der Waals surface area contributed by atoms with E-state index in [1.54, 1.807) is 37.3 Å². The minimum absolute atomic E-state index is 0.166. The van der Waals surface area contributed by atoms with Gasteiger partial charge >= 0.3 is 0 Å². The molecular formula is C21H19ClN4O4. The lowest BCUT2D eigenvalue weighted by Gasteiger charge is -2.18. The van der Waals surface area contributed by atoms with E-state index in [1.807, 2.05) is 6.92 Å². The zero-order valence-electron chi connectivity index (χ0n) is 16.3.